The second-order valence-corrected chi connectivity index (χ2v) is 2.58. The van der Waals surface area contributed by atoms with Crippen LogP contribution in [0.1, 0.15) is 10.4 Å². The Morgan fingerprint density at radius 2 is 2.50 bits per heavy atom. The van der Waals surface area contributed by atoms with Gasteiger partial charge in [0.2, 0.25) is 0 Å². The van der Waals surface area contributed by atoms with Crippen LogP contribution in [-0.4, -0.2) is 21.5 Å². The summed E-state index contributed by atoms with van der Waals surface area (Å²) in [4.78, 5) is 14.5. The lowest BCUT2D eigenvalue weighted by Crippen LogP contribution is -2.05. The lowest BCUT2D eigenvalue weighted by atomic mass is 10.2. The summed E-state index contributed by atoms with van der Waals surface area (Å²) < 4.78 is 0. The predicted octanol–water partition coefficient (Wildman–Crippen LogP) is 1.54. The van der Waals surface area contributed by atoms with E-state index in [9.17, 15) is 4.79 Å². The first-order valence-electron chi connectivity index (χ1n) is 3.24. The van der Waals surface area contributed by atoms with Crippen LogP contribution in [0.5, 0.6) is 0 Å². The van der Waals surface area contributed by atoms with Crippen molar-refractivity contribution in [3.63, 3.8) is 0 Å². The standard InChI is InChI=1S/C7H7BrN2O2/c8-4-10-6-5(7(11)12)2-1-3-9-6/h1-3H,4H2,(H,9,10)(H,11,12). The average molecular weight is 231 g/mol. The minimum absolute atomic E-state index is 0.178. The highest BCUT2D eigenvalue weighted by Gasteiger charge is 2.08. The summed E-state index contributed by atoms with van der Waals surface area (Å²) >= 11 is 3.13. The van der Waals surface area contributed by atoms with E-state index in [1.807, 2.05) is 0 Å². The number of rotatable bonds is 3. The fourth-order valence-electron chi connectivity index (χ4n) is 0.782. The van der Waals surface area contributed by atoms with Gasteiger partial charge in [-0.15, -0.1) is 0 Å². The molecule has 0 unspecified atom stereocenters. The van der Waals surface area contributed by atoms with Crippen LogP contribution in [0, 0.1) is 0 Å². The molecule has 1 aromatic rings. The Balaban J connectivity index is 3.00. The minimum atomic E-state index is -0.980. The minimum Gasteiger partial charge on any atom is -0.478 e. The van der Waals surface area contributed by atoms with E-state index in [2.05, 4.69) is 26.2 Å². The monoisotopic (exact) mass is 230 g/mol. The van der Waals surface area contributed by atoms with Crippen molar-refractivity contribution in [2.75, 3.05) is 10.8 Å². The average Bonchev–Trinajstić information content (AvgIpc) is 2.05. The van der Waals surface area contributed by atoms with Crippen molar-refractivity contribution in [1.82, 2.24) is 4.98 Å². The number of aromatic nitrogens is 1. The van der Waals surface area contributed by atoms with Gasteiger partial charge in [0, 0.05) is 6.20 Å². The van der Waals surface area contributed by atoms with Gasteiger partial charge in [0.25, 0.3) is 0 Å². The van der Waals surface area contributed by atoms with Crippen molar-refractivity contribution in [1.29, 1.82) is 0 Å². The number of nitrogens with zero attached hydrogens (tertiary/aromatic N) is 1. The van der Waals surface area contributed by atoms with Crippen LogP contribution in [0.25, 0.3) is 0 Å². The number of halogens is 1. The molecule has 0 saturated carbocycles. The van der Waals surface area contributed by atoms with Crippen molar-refractivity contribution in [3.05, 3.63) is 23.9 Å². The van der Waals surface area contributed by atoms with Gasteiger partial charge < -0.3 is 10.4 Å². The molecule has 12 heavy (non-hydrogen) atoms. The number of anilines is 1. The van der Waals surface area contributed by atoms with Gasteiger partial charge in [-0.3, -0.25) is 0 Å². The number of hydrogen-bond acceptors (Lipinski definition) is 3. The zero-order valence-corrected chi connectivity index (χ0v) is 7.71. The molecule has 1 aromatic heterocycles. The predicted molar refractivity (Wildman–Crippen MR) is 48.6 cm³/mol. The van der Waals surface area contributed by atoms with E-state index < -0.39 is 5.97 Å². The molecule has 0 aliphatic rings. The highest BCUT2D eigenvalue weighted by atomic mass is 79.9. The van der Waals surface area contributed by atoms with E-state index in [-0.39, 0.29) is 5.56 Å². The first kappa shape index (κ1) is 8.99. The van der Waals surface area contributed by atoms with Gasteiger partial charge in [-0.1, -0.05) is 15.9 Å². The van der Waals surface area contributed by atoms with Crippen LogP contribution in [-0.2, 0) is 0 Å². The first-order chi connectivity index (χ1) is 5.75. The molecule has 0 bridgehead atoms. The summed E-state index contributed by atoms with van der Waals surface area (Å²) in [5.41, 5.74) is 0.654. The van der Waals surface area contributed by atoms with Crippen LogP contribution in [0.15, 0.2) is 18.3 Å². The second kappa shape index (κ2) is 4.06. The molecule has 0 aliphatic heterocycles. The smallest absolute Gasteiger partial charge is 0.339 e. The van der Waals surface area contributed by atoms with Crippen LogP contribution in [0.3, 0.4) is 0 Å². The molecule has 64 valence electrons. The molecule has 0 aromatic carbocycles. The van der Waals surface area contributed by atoms with Gasteiger partial charge in [0.15, 0.2) is 0 Å². The number of aromatic carboxylic acids is 1. The second-order valence-electron chi connectivity index (χ2n) is 2.02. The van der Waals surface area contributed by atoms with Gasteiger partial charge in [0.1, 0.15) is 11.4 Å². The van der Waals surface area contributed by atoms with Gasteiger partial charge >= 0.3 is 5.97 Å². The van der Waals surface area contributed by atoms with Crippen LogP contribution >= 0.6 is 15.9 Å². The van der Waals surface area contributed by atoms with Crippen molar-refractivity contribution in [2.45, 2.75) is 0 Å². The maximum absolute atomic E-state index is 10.6. The fraction of sp³-hybridized carbons (Fsp3) is 0.143. The lowest BCUT2D eigenvalue weighted by molar-refractivity contribution is 0.0697. The molecule has 0 saturated heterocycles. The summed E-state index contributed by atoms with van der Waals surface area (Å²) in [5, 5.41) is 11.5. The topological polar surface area (TPSA) is 62.2 Å². The number of carboxylic acid groups (broad SMARTS) is 1. The molecule has 0 radical (unpaired) electrons. The number of pyridine rings is 1. The molecule has 1 heterocycles. The van der Waals surface area contributed by atoms with Crippen molar-refractivity contribution in [2.24, 2.45) is 0 Å². The number of carboxylic acids is 1. The Kier molecular flexibility index (Phi) is 3.04. The number of alkyl halides is 1. The molecule has 0 aliphatic carbocycles. The molecule has 0 amide bonds. The zero-order chi connectivity index (χ0) is 8.97. The fourth-order valence-corrected chi connectivity index (χ4v) is 1.05. The van der Waals surface area contributed by atoms with E-state index in [1.54, 1.807) is 6.07 Å². The summed E-state index contributed by atoms with van der Waals surface area (Å²) in [7, 11) is 0. The van der Waals surface area contributed by atoms with Crippen LogP contribution in [0.4, 0.5) is 5.82 Å². The first-order valence-corrected chi connectivity index (χ1v) is 4.36. The van der Waals surface area contributed by atoms with Gasteiger partial charge in [-0.2, -0.15) is 0 Å². The molecule has 2 N–H and O–H groups in total. The zero-order valence-electron chi connectivity index (χ0n) is 6.12. The Labute approximate surface area is 77.8 Å². The Morgan fingerprint density at radius 3 is 3.08 bits per heavy atom. The molecule has 5 heteroatoms. The van der Waals surface area contributed by atoms with Gasteiger partial charge in [-0.05, 0) is 12.1 Å². The summed E-state index contributed by atoms with van der Waals surface area (Å²) in [5.74, 6) is -0.603. The molecular formula is C7H7BrN2O2. The third kappa shape index (κ3) is 1.94. The Bertz CT molecular complexity index is 290. The number of hydrogen-bond donors (Lipinski definition) is 2. The maximum Gasteiger partial charge on any atom is 0.339 e. The lowest BCUT2D eigenvalue weighted by Gasteiger charge is -2.03. The van der Waals surface area contributed by atoms with E-state index in [0.29, 0.717) is 11.3 Å². The Hall–Kier alpha value is -1.10. The third-order valence-corrected chi connectivity index (χ3v) is 1.55. The van der Waals surface area contributed by atoms with E-state index in [1.165, 1.54) is 12.3 Å². The Morgan fingerprint density at radius 1 is 1.75 bits per heavy atom. The van der Waals surface area contributed by atoms with Crippen LogP contribution in [0.2, 0.25) is 0 Å². The number of carbonyl (C=O) groups is 1. The quantitative estimate of drug-likeness (QED) is 0.611. The molecule has 0 spiro atoms. The molecule has 1 rings (SSSR count). The molecular weight excluding hydrogens is 224 g/mol. The van der Waals surface area contributed by atoms with Gasteiger partial charge in [0.05, 0.1) is 5.45 Å². The summed E-state index contributed by atoms with van der Waals surface area (Å²) in [6, 6.07) is 3.09. The normalized spacial score (nSPS) is 9.42. The molecule has 0 atom stereocenters. The van der Waals surface area contributed by atoms with Crippen molar-refractivity contribution in [3.8, 4) is 0 Å². The summed E-state index contributed by atoms with van der Waals surface area (Å²) in [6.45, 7) is 0. The van der Waals surface area contributed by atoms with E-state index in [0.717, 1.165) is 0 Å². The van der Waals surface area contributed by atoms with Crippen molar-refractivity contribution < 1.29 is 9.90 Å². The maximum atomic E-state index is 10.6. The van der Waals surface area contributed by atoms with E-state index in [4.69, 9.17) is 5.11 Å². The van der Waals surface area contributed by atoms with Crippen molar-refractivity contribution >= 4 is 27.7 Å². The van der Waals surface area contributed by atoms with Crippen LogP contribution < -0.4 is 5.32 Å². The third-order valence-electron chi connectivity index (χ3n) is 1.27. The molecule has 4 nitrogen and oxygen atoms in total. The highest BCUT2D eigenvalue weighted by molar-refractivity contribution is 9.09. The highest BCUT2D eigenvalue weighted by Crippen LogP contribution is 2.10. The largest absolute Gasteiger partial charge is 0.478 e. The van der Waals surface area contributed by atoms with E-state index >= 15 is 0 Å². The SMILES string of the molecule is O=C(O)c1cccnc1NCBr. The summed E-state index contributed by atoms with van der Waals surface area (Å²) in [6.07, 6.45) is 1.54. The number of nitrogens with one attached hydrogen (secondary N) is 1. The molecule has 0 fully saturated rings. The van der Waals surface area contributed by atoms with Gasteiger partial charge in [-0.25, -0.2) is 9.78 Å².